The first-order chi connectivity index (χ1) is 21.3. The van der Waals surface area contributed by atoms with E-state index in [0.717, 1.165) is 45.7 Å². The van der Waals surface area contributed by atoms with Crippen molar-refractivity contribution in [1.82, 2.24) is 14.7 Å². The lowest BCUT2D eigenvalue weighted by molar-refractivity contribution is -0.124. The molecule has 2 heterocycles. The van der Waals surface area contributed by atoms with Crippen molar-refractivity contribution in [3.8, 4) is 0 Å². The Kier molecular flexibility index (Phi) is 10.6. The Morgan fingerprint density at radius 1 is 0.909 bits per heavy atom. The molecule has 2 aliphatic rings. The third-order valence-corrected chi connectivity index (χ3v) is 8.63. The van der Waals surface area contributed by atoms with E-state index in [1.54, 1.807) is 48.5 Å². The molecule has 0 radical (unpaired) electrons. The van der Waals surface area contributed by atoms with Crippen molar-refractivity contribution in [3.63, 3.8) is 0 Å². The average Bonchev–Trinajstić information content (AvgIpc) is 3.26. The number of nitrogens with one attached hydrogen (secondary N) is 1. The summed E-state index contributed by atoms with van der Waals surface area (Å²) < 4.78 is 4.73. The molecule has 2 aliphatic heterocycles. The van der Waals surface area contributed by atoms with Gasteiger partial charge in [0.05, 0.1) is 24.8 Å². The minimum Gasteiger partial charge on any atom is -0.465 e. The number of thiocarbonyl (C=S) groups is 1. The van der Waals surface area contributed by atoms with Gasteiger partial charge in [0.1, 0.15) is 6.04 Å². The largest absolute Gasteiger partial charge is 0.465 e. The van der Waals surface area contributed by atoms with E-state index >= 15 is 0 Å². The lowest BCUT2D eigenvalue weighted by Gasteiger charge is -2.35. The second-order valence-electron chi connectivity index (χ2n) is 10.9. The van der Waals surface area contributed by atoms with Gasteiger partial charge in [-0.2, -0.15) is 0 Å². The van der Waals surface area contributed by atoms with E-state index in [9.17, 15) is 14.4 Å². The fourth-order valence-corrected chi connectivity index (χ4v) is 6.13. The molecule has 5 rings (SSSR count). The Hall–Kier alpha value is -3.83. The van der Waals surface area contributed by atoms with Crippen molar-refractivity contribution >= 4 is 58.1 Å². The number of hydrogen-bond donors (Lipinski definition) is 1. The number of methoxy groups -OCH3 is 1. The number of hydrogen-bond acceptors (Lipinski definition) is 7. The van der Waals surface area contributed by atoms with Gasteiger partial charge in [-0.15, -0.1) is 0 Å². The van der Waals surface area contributed by atoms with E-state index in [0.29, 0.717) is 33.6 Å². The fraction of sp³-hybridized carbons (Fsp3) is 0.333. The van der Waals surface area contributed by atoms with Gasteiger partial charge in [0.25, 0.3) is 5.91 Å². The Morgan fingerprint density at radius 2 is 1.57 bits per heavy atom. The summed E-state index contributed by atoms with van der Waals surface area (Å²) in [5.74, 6) is -1.03. The molecular weight excluding hydrogens is 598 g/mol. The van der Waals surface area contributed by atoms with Crippen LogP contribution in [0.25, 0.3) is 0 Å². The van der Waals surface area contributed by atoms with Gasteiger partial charge in [-0.3, -0.25) is 19.4 Å². The molecule has 2 fully saturated rings. The first-order valence-electron chi connectivity index (χ1n) is 14.7. The number of rotatable bonds is 11. The van der Waals surface area contributed by atoms with Crippen molar-refractivity contribution < 1.29 is 19.1 Å². The fourth-order valence-electron chi connectivity index (χ4n) is 5.59. The van der Waals surface area contributed by atoms with Gasteiger partial charge in [0.15, 0.2) is 5.11 Å². The zero-order chi connectivity index (χ0) is 31.1. The maximum absolute atomic E-state index is 13.7. The van der Waals surface area contributed by atoms with Gasteiger partial charge >= 0.3 is 5.97 Å². The predicted octanol–water partition coefficient (Wildman–Crippen LogP) is 4.67. The molecule has 2 saturated heterocycles. The van der Waals surface area contributed by atoms with Crippen LogP contribution in [0.3, 0.4) is 0 Å². The second kappa shape index (κ2) is 14.8. The molecule has 230 valence electrons. The third-order valence-electron chi connectivity index (χ3n) is 7.96. The van der Waals surface area contributed by atoms with Crippen LogP contribution in [0.4, 0.5) is 11.4 Å². The Labute approximate surface area is 268 Å². The Balaban J connectivity index is 1.20. The van der Waals surface area contributed by atoms with Crippen LogP contribution in [0.2, 0.25) is 5.02 Å². The number of amides is 2. The number of ether oxygens (including phenoxy) is 1. The molecule has 2 amide bonds. The lowest BCUT2D eigenvalue weighted by Crippen LogP contribution is -2.47. The summed E-state index contributed by atoms with van der Waals surface area (Å²) in [7, 11) is 1.31. The summed E-state index contributed by atoms with van der Waals surface area (Å²) in [4.78, 5) is 46.9. The molecule has 11 heteroatoms. The summed E-state index contributed by atoms with van der Waals surface area (Å²) in [6, 6.07) is 23.1. The molecule has 0 aliphatic carbocycles. The molecule has 0 spiro atoms. The van der Waals surface area contributed by atoms with E-state index in [1.165, 1.54) is 17.6 Å². The molecule has 1 N–H and O–H groups in total. The molecular formula is C33H36ClN5O4S. The Morgan fingerprint density at radius 3 is 2.23 bits per heavy atom. The standard InChI is InChI=1S/C33H36ClN5O4S/c1-43-32(42)25-8-12-27(13-9-25)35-30(40)22-29-31(41)39(28-14-10-26(34)11-15-28)33(44)38(29)17-5-16-36-18-20-37(21-19-36)23-24-6-3-2-4-7-24/h2-4,6-15,29H,5,16-23H2,1H3,(H,35,40). The van der Waals surface area contributed by atoms with E-state index in [-0.39, 0.29) is 18.2 Å². The monoisotopic (exact) mass is 633 g/mol. The summed E-state index contributed by atoms with van der Waals surface area (Å²) in [6.45, 7) is 6.34. The topological polar surface area (TPSA) is 85.4 Å². The van der Waals surface area contributed by atoms with Gasteiger partial charge in [0, 0.05) is 50.0 Å². The van der Waals surface area contributed by atoms with Crippen molar-refractivity contribution in [2.24, 2.45) is 0 Å². The highest BCUT2D eigenvalue weighted by atomic mass is 35.5. The van der Waals surface area contributed by atoms with Crippen molar-refractivity contribution in [2.75, 3.05) is 56.6 Å². The smallest absolute Gasteiger partial charge is 0.337 e. The van der Waals surface area contributed by atoms with Crippen LogP contribution in [0.1, 0.15) is 28.8 Å². The number of halogens is 1. The number of carbonyl (C=O) groups excluding carboxylic acids is 3. The first-order valence-corrected chi connectivity index (χ1v) is 15.5. The van der Waals surface area contributed by atoms with Crippen LogP contribution >= 0.6 is 23.8 Å². The summed E-state index contributed by atoms with van der Waals surface area (Å²) in [5.41, 5.74) is 2.84. The van der Waals surface area contributed by atoms with E-state index < -0.39 is 12.0 Å². The molecule has 9 nitrogen and oxygen atoms in total. The van der Waals surface area contributed by atoms with Crippen LogP contribution in [0, 0.1) is 0 Å². The molecule has 1 atom stereocenters. The van der Waals surface area contributed by atoms with E-state index in [1.807, 2.05) is 11.0 Å². The highest BCUT2D eigenvalue weighted by molar-refractivity contribution is 7.80. The maximum Gasteiger partial charge on any atom is 0.337 e. The number of nitrogens with zero attached hydrogens (tertiary/aromatic N) is 4. The molecule has 0 bridgehead atoms. The first kappa shape index (κ1) is 31.6. The summed E-state index contributed by atoms with van der Waals surface area (Å²) in [6.07, 6.45) is 0.730. The van der Waals surface area contributed by atoms with Gasteiger partial charge in [0.2, 0.25) is 5.91 Å². The molecule has 3 aromatic carbocycles. The SMILES string of the molecule is COC(=O)c1ccc(NC(=O)CC2C(=O)N(c3ccc(Cl)cc3)C(=S)N2CCCN2CCN(Cc3ccccc3)CC2)cc1. The van der Waals surface area contributed by atoms with Crippen molar-refractivity contribution in [3.05, 3.63) is 95.0 Å². The van der Waals surface area contributed by atoms with Crippen LogP contribution in [0.15, 0.2) is 78.9 Å². The highest BCUT2D eigenvalue weighted by Gasteiger charge is 2.44. The molecule has 44 heavy (non-hydrogen) atoms. The number of benzene rings is 3. The zero-order valence-electron chi connectivity index (χ0n) is 24.7. The number of piperazine rings is 1. The van der Waals surface area contributed by atoms with Crippen LogP contribution < -0.4 is 10.2 Å². The van der Waals surface area contributed by atoms with Crippen molar-refractivity contribution in [2.45, 2.75) is 25.4 Å². The summed E-state index contributed by atoms with van der Waals surface area (Å²) >= 11 is 11.9. The number of carbonyl (C=O) groups is 3. The highest BCUT2D eigenvalue weighted by Crippen LogP contribution is 2.29. The number of anilines is 2. The van der Waals surface area contributed by atoms with Crippen LogP contribution in [0.5, 0.6) is 0 Å². The zero-order valence-corrected chi connectivity index (χ0v) is 26.2. The van der Waals surface area contributed by atoms with Crippen molar-refractivity contribution in [1.29, 1.82) is 0 Å². The van der Waals surface area contributed by atoms with Gasteiger partial charge in [-0.25, -0.2) is 4.79 Å². The molecule has 3 aromatic rings. The quantitative estimate of drug-likeness (QED) is 0.241. The normalized spacial score (nSPS) is 17.6. The maximum atomic E-state index is 13.7. The van der Waals surface area contributed by atoms with Gasteiger partial charge in [-0.1, -0.05) is 41.9 Å². The molecule has 0 saturated carbocycles. The van der Waals surface area contributed by atoms with Gasteiger partial charge < -0.3 is 19.9 Å². The second-order valence-corrected chi connectivity index (χ2v) is 11.7. The third kappa shape index (κ3) is 7.81. The van der Waals surface area contributed by atoms with E-state index in [2.05, 4.69) is 39.4 Å². The van der Waals surface area contributed by atoms with E-state index in [4.69, 9.17) is 28.6 Å². The van der Waals surface area contributed by atoms with Gasteiger partial charge in [-0.05, 0) is 79.3 Å². The Bertz CT molecular complexity index is 1460. The van der Waals surface area contributed by atoms with Crippen LogP contribution in [-0.2, 0) is 20.9 Å². The molecule has 1 unspecified atom stereocenters. The minimum atomic E-state index is -0.741. The lowest BCUT2D eigenvalue weighted by atomic mass is 10.1. The summed E-state index contributed by atoms with van der Waals surface area (Å²) in [5, 5.41) is 3.77. The van der Waals surface area contributed by atoms with Crippen LogP contribution in [-0.4, -0.2) is 90.0 Å². The average molecular weight is 634 g/mol. The minimum absolute atomic E-state index is 0.0695. The molecule has 0 aromatic heterocycles. The number of esters is 1. The predicted molar refractivity (Wildman–Crippen MR) is 176 cm³/mol.